The van der Waals surface area contributed by atoms with Crippen molar-refractivity contribution in [3.63, 3.8) is 0 Å². The van der Waals surface area contributed by atoms with Crippen LogP contribution in [0.15, 0.2) is 24.3 Å². The molecule has 7 heteroatoms. The number of nitrogens with zero attached hydrogens (tertiary/aromatic N) is 4. The highest BCUT2D eigenvalue weighted by Crippen LogP contribution is 2.32. The zero-order valence-electron chi connectivity index (χ0n) is 15.1. The number of thiophene rings is 1. The molecule has 0 saturated carbocycles. The predicted molar refractivity (Wildman–Crippen MR) is 104 cm³/mol. The molecule has 6 nitrogen and oxygen atoms in total. The number of aromatic amines is 1. The number of benzene rings is 1. The third-order valence-electron chi connectivity index (χ3n) is 4.45. The average molecular weight is 365 g/mol. The van der Waals surface area contributed by atoms with Crippen LogP contribution in [0.1, 0.15) is 32.6 Å². The molecule has 0 bridgehead atoms. The van der Waals surface area contributed by atoms with Crippen molar-refractivity contribution >= 4 is 38.5 Å². The molecule has 3 aromatic heterocycles. The van der Waals surface area contributed by atoms with Crippen LogP contribution in [-0.4, -0.2) is 37.8 Å². The van der Waals surface area contributed by atoms with E-state index in [9.17, 15) is 4.79 Å². The van der Waals surface area contributed by atoms with Gasteiger partial charge in [-0.2, -0.15) is 0 Å². The Labute approximate surface area is 154 Å². The molecular formula is C19H19N5OS. The minimum absolute atomic E-state index is 0.0250. The fourth-order valence-corrected chi connectivity index (χ4v) is 4.50. The number of imidazole rings is 1. The molecule has 1 amide bonds. The summed E-state index contributed by atoms with van der Waals surface area (Å²) < 4.78 is 0. The number of para-hydroxylation sites is 2. The van der Waals surface area contributed by atoms with Gasteiger partial charge in [0, 0.05) is 18.1 Å². The van der Waals surface area contributed by atoms with E-state index in [1.54, 1.807) is 11.9 Å². The molecule has 0 saturated heterocycles. The maximum absolute atomic E-state index is 13.0. The summed E-state index contributed by atoms with van der Waals surface area (Å²) in [4.78, 5) is 33.0. The van der Waals surface area contributed by atoms with Gasteiger partial charge in [0.25, 0.3) is 5.91 Å². The molecule has 0 aliphatic heterocycles. The lowest BCUT2D eigenvalue weighted by atomic mass is 10.1. The van der Waals surface area contributed by atoms with E-state index in [0.29, 0.717) is 11.4 Å². The van der Waals surface area contributed by atoms with Crippen LogP contribution >= 0.6 is 11.3 Å². The van der Waals surface area contributed by atoms with E-state index in [-0.39, 0.29) is 5.91 Å². The van der Waals surface area contributed by atoms with Crippen LogP contribution in [0, 0.1) is 20.8 Å². The van der Waals surface area contributed by atoms with Gasteiger partial charge in [0.05, 0.1) is 22.5 Å². The number of nitrogens with one attached hydrogen (secondary N) is 1. The number of carbonyl (C=O) groups excluding carboxylic acids is 1. The van der Waals surface area contributed by atoms with Gasteiger partial charge < -0.3 is 9.88 Å². The SMILES string of the molecule is Cc1nc(C)c2c(C)c(C(=O)N(C)Cc3nc4ccccc4[nH]3)sc2n1. The largest absolute Gasteiger partial charge is 0.340 e. The maximum atomic E-state index is 13.0. The fraction of sp³-hybridized carbons (Fsp3) is 0.263. The summed E-state index contributed by atoms with van der Waals surface area (Å²) >= 11 is 1.43. The van der Waals surface area contributed by atoms with E-state index in [4.69, 9.17) is 0 Å². The number of hydrogen-bond acceptors (Lipinski definition) is 5. The first-order valence-corrected chi connectivity index (χ1v) is 9.19. The lowest BCUT2D eigenvalue weighted by Gasteiger charge is -2.15. The van der Waals surface area contributed by atoms with E-state index >= 15 is 0 Å². The van der Waals surface area contributed by atoms with Crippen LogP contribution in [0.3, 0.4) is 0 Å². The van der Waals surface area contributed by atoms with Crippen LogP contribution in [-0.2, 0) is 6.54 Å². The molecule has 132 valence electrons. The summed E-state index contributed by atoms with van der Waals surface area (Å²) in [6.07, 6.45) is 0. The number of rotatable bonds is 3. The van der Waals surface area contributed by atoms with Gasteiger partial charge in [-0.05, 0) is 38.5 Å². The molecular weight excluding hydrogens is 346 g/mol. The molecule has 1 aromatic carbocycles. The zero-order chi connectivity index (χ0) is 18.4. The van der Waals surface area contributed by atoms with Crippen molar-refractivity contribution in [3.8, 4) is 0 Å². The number of amides is 1. The molecule has 0 unspecified atom stereocenters. The summed E-state index contributed by atoms with van der Waals surface area (Å²) in [5.74, 6) is 1.47. The van der Waals surface area contributed by atoms with E-state index in [0.717, 1.165) is 44.2 Å². The van der Waals surface area contributed by atoms with E-state index in [2.05, 4.69) is 19.9 Å². The number of hydrogen-bond donors (Lipinski definition) is 1. The summed E-state index contributed by atoms with van der Waals surface area (Å²) in [6.45, 7) is 6.22. The standard InChI is InChI=1S/C19H19N5OS/c1-10-16-11(2)20-12(3)21-18(16)26-17(10)19(25)24(4)9-15-22-13-7-5-6-8-14(13)23-15/h5-8H,9H2,1-4H3,(H,22,23). The fourth-order valence-electron chi connectivity index (χ4n) is 3.23. The van der Waals surface area contributed by atoms with Gasteiger partial charge in [0.1, 0.15) is 16.5 Å². The number of aryl methyl sites for hydroxylation is 3. The summed E-state index contributed by atoms with van der Waals surface area (Å²) in [5, 5.41) is 0.987. The molecule has 4 rings (SSSR count). The smallest absolute Gasteiger partial charge is 0.264 e. The molecule has 0 atom stereocenters. The Kier molecular flexibility index (Phi) is 3.96. The first kappa shape index (κ1) is 16.7. The second-order valence-corrected chi connectivity index (χ2v) is 7.45. The van der Waals surface area contributed by atoms with Gasteiger partial charge in [-0.15, -0.1) is 11.3 Å². The Hall–Kier alpha value is -2.80. The third-order valence-corrected chi connectivity index (χ3v) is 5.62. The molecule has 0 spiro atoms. The van der Waals surface area contributed by atoms with Gasteiger partial charge in [0.15, 0.2) is 0 Å². The van der Waals surface area contributed by atoms with Crippen molar-refractivity contribution in [2.24, 2.45) is 0 Å². The average Bonchev–Trinajstić information content (AvgIpc) is 3.14. The molecule has 4 aromatic rings. The Morgan fingerprint density at radius 1 is 1.15 bits per heavy atom. The number of fused-ring (bicyclic) bond motifs is 2. The highest BCUT2D eigenvalue weighted by Gasteiger charge is 2.22. The van der Waals surface area contributed by atoms with Crippen LogP contribution in [0.25, 0.3) is 21.3 Å². The van der Waals surface area contributed by atoms with Crippen LogP contribution in [0.4, 0.5) is 0 Å². The predicted octanol–water partition coefficient (Wildman–Crippen LogP) is 3.77. The molecule has 0 fully saturated rings. The number of H-pyrrole nitrogens is 1. The Balaban J connectivity index is 1.65. The second kappa shape index (κ2) is 6.17. The van der Waals surface area contributed by atoms with Gasteiger partial charge in [-0.25, -0.2) is 15.0 Å². The lowest BCUT2D eigenvalue weighted by molar-refractivity contribution is 0.0786. The minimum Gasteiger partial charge on any atom is -0.340 e. The molecule has 26 heavy (non-hydrogen) atoms. The maximum Gasteiger partial charge on any atom is 0.264 e. The molecule has 0 aliphatic carbocycles. The molecule has 3 heterocycles. The monoisotopic (exact) mass is 365 g/mol. The van der Waals surface area contributed by atoms with Crippen molar-refractivity contribution in [2.75, 3.05) is 7.05 Å². The quantitative estimate of drug-likeness (QED) is 0.600. The van der Waals surface area contributed by atoms with E-state index in [1.807, 2.05) is 45.0 Å². The Morgan fingerprint density at radius 2 is 1.92 bits per heavy atom. The van der Waals surface area contributed by atoms with Crippen molar-refractivity contribution in [2.45, 2.75) is 27.3 Å². The minimum atomic E-state index is -0.0250. The van der Waals surface area contributed by atoms with Crippen LogP contribution in [0.5, 0.6) is 0 Å². The third kappa shape index (κ3) is 2.74. The summed E-state index contributed by atoms with van der Waals surface area (Å²) in [7, 11) is 1.79. The topological polar surface area (TPSA) is 74.8 Å². The van der Waals surface area contributed by atoms with E-state index < -0.39 is 0 Å². The van der Waals surface area contributed by atoms with Crippen LogP contribution in [0.2, 0.25) is 0 Å². The van der Waals surface area contributed by atoms with Crippen molar-refractivity contribution < 1.29 is 4.79 Å². The van der Waals surface area contributed by atoms with Gasteiger partial charge in [0.2, 0.25) is 0 Å². The number of aromatic nitrogens is 4. The Morgan fingerprint density at radius 3 is 2.69 bits per heavy atom. The second-order valence-electron chi connectivity index (χ2n) is 6.45. The first-order chi connectivity index (χ1) is 12.4. The highest BCUT2D eigenvalue weighted by atomic mass is 32.1. The van der Waals surface area contributed by atoms with Crippen molar-refractivity contribution in [3.05, 3.63) is 52.0 Å². The highest BCUT2D eigenvalue weighted by molar-refractivity contribution is 7.20. The Bertz CT molecular complexity index is 1110. The molecule has 0 aliphatic rings. The normalized spacial score (nSPS) is 11.4. The van der Waals surface area contributed by atoms with Gasteiger partial charge >= 0.3 is 0 Å². The molecule has 1 N–H and O–H groups in total. The van der Waals surface area contributed by atoms with Crippen LogP contribution < -0.4 is 0 Å². The van der Waals surface area contributed by atoms with Crippen molar-refractivity contribution in [1.82, 2.24) is 24.8 Å². The van der Waals surface area contributed by atoms with Gasteiger partial charge in [-0.1, -0.05) is 12.1 Å². The number of carbonyl (C=O) groups is 1. The first-order valence-electron chi connectivity index (χ1n) is 8.37. The van der Waals surface area contributed by atoms with Gasteiger partial charge in [-0.3, -0.25) is 4.79 Å². The zero-order valence-corrected chi connectivity index (χ0v) is 15.9. The summed E-state index contributed by atoms with van der Waals surface area (Å²) in [5.41, 5.74) is 3.75. The van der Waals surface area contributed by atoms with E-state index in [1.165, 1.54) is 11.3 Å². The summed E-state index contributed by atoms with van der Waals surface area (Å²) in [6, 6.07) is 7.85. The lowest BCUT2D eigenvalue weighted by Crippen LogP contribution is -2.26. The van der Waals surface area contributed by atoms with Crippen molar-refractivity contribution in [1.29, 1.82) is 0 Å². The molecule has 0 radical (unpaired) electrons.